The summed E-state index contributed by atoms with van der Waals surface area (Å²) in [5.74, 6) is -0.579. The van der Waals surface area contributed by atoms with Crippen molar-refractivity contribution in [1.29, 1.82) is 0 Å². The Morgan fingerprint density at radius 1 is 1.16 bits per heavy atom. The van der Waals surface area contributed by atoms with Gasteiger partial charge < -0.3 is 4.74 Å². The highest BCUT2D eigenvalue weighted by Crippen LogP contribution is 2.20. The molecule has 0 radical (unpaired) electrons. The van der Waals surface area contributed by atoms with Crippen molar-refractivity contribution in [2.24, 2.45) is 0 Å². The summed E-state index contributed by atoms with van der Waals surface area (Å²) in [6.45, 7) is -0.193. The van der Waals surface area contributed by atoms with E-state index in [4.69, 9.17) is 27.9 Å². The summed E-state index contributed by atoms with van der Waals surface area (Å²) >= 11 is 11.3. The van der Waals surface area contributed by atoms with Crippen molar-refractivity contribution < 1.29 is 13.9 Å². The van der Waals surface area contributed by atoms with Crippen LogP contribution < -0.4 is 4.74 Å². The molecular weight excluding hydrogens is 290 g/mol. The molecule has 2 aromatic carbocycles. The molecule has 0 aliphatic carbocycles. The van der Waals surface area contributed by atoms with E-state index >= 15 is 0 Å². The molecule has 0 unspecified atom stereocenters. The minimum absolute atomic E-state index is 0.00789. The second-order valence-electron chi connectivity index (χ2n) is 3.80. The number of carbonyl (C=O) groups excluding carboxylic acids is 1. The molecule has 5 heteroatoms. The first-order valence-corrected chi connectivity index (χ1v) is 6.18. The lowest BCUT2D eigenvalue weighted by molar-refractivity contribution is 0.0921. The minimum atomic E-state index is -0.589. The van der Waals surface area contributed by atoms with Crippen molar-refractivity contribution in [3.63, 3.8) is 0 Å². The molecule has 2 nitrogen and oxygen atoms in total. The number of benzene rings is 2. The van der Waals surface area contributed by atoms with Crippen LogP contribution in [0, 0.1) is 5.82 Å². The molecule has 0 amide bonds. The molecule has 0 saturated carbocycles. The maximum atomic E-state index is 13.2. The summed E-state index contributed by atoms with van der Waals surface area (Å²) < 4.78 is 18.4. The molecule has 2 rings (SSSR count). The fraction of sp³-hybridized carbons (Fsp3) is 0.0714. The Balaban J connectivity index is 2.02. The Labute approximate surface area is 119 Å². The topological polar surface area (TPSA) is 26.3 Å². The number of carbonyl (C=O) groups is 1. The van der Waals surface area contributed by atoms with Gasteiger partial charge in [-0.25, -0.2) is 4.39 Å². The predicted molar refractivity (Wildman–Crippen MR) is 72.7 cm³/mol. The molecule has 0 fully saturated rings. The molecule has 19 heavy (non-hydrogen) atoms. The van der Waals surface area contributed by atoms with Gasteiger partial charge in [0.25, 0.3) is 0 Å². The average molecular weight is 299 g/mol. The van der Waals surface area contributed by atoms with Crippen molar-refractivity contribution in [2.45, 2.75) is 0 Å². The first kappa shape index (κ1) is 13.8. The van der Waals surface area contributed by atoms with Crippen molar-refractivity contribution in [3.05, 3.63) is 63.9 Å². The Bertz CT molecular complexity index is 614. The van der Waals surface area contributed by atoms with Gasteiger partial charge >= 0.3 is 0 Å². The van der Waals surface area contributed by atoms with Crippen molar-refractivity contribution in [2.75, 3.05) is 6.61 Å². The van der Waals surface area contributed by atoms with E-state index in [-0.39, 0.29) is 23.2 Å². The van der Waals surface area contributed by atoms with Crippen LogP contribution in [0.15, 0.2) is 42.5 Å². The highest BCUT2D eigenvalue weighted by molar-refractivity contribution is 6.31. The molecule has 0 spiro atoms. The number of hydrogen-bond acceptors (Lipinski definition) is 2. The van der Waals surface area contributed by atoms with Gasteiger partial charge in [0.15, 0.2) is 12.4 Å². The largest absolute Gasteiger partial charge is 0.485 e. The van der Waals surface area contributed by atoms with Gasteiger partial charge in [-0.05, 0) is 24.3 Å². The van der Waals surface area contributed by atoms with Crippen molar-refractivity contribution >= 4 is 29.0 Å². The molecule has 0 aliphatic heterocycles. The summed E-state index contributed by atoms with van der Waals surface area (Å²) in [5, 5.41) is 0.483. The lowest BCUT2D eigenvalue weighted by Crippen LogP contribution is -2.11. The molecule has 0 aromatic heterocycles. The second-order valence-corrected chi connectivity index (χ2v) is 4.64. The highest BCUT2D eigenvalue weighted by atomic mass is 35.5. The summed E-state index contributed by atoms with van der Waals surface area (Å²) in [6, 6.07) is 10.5. The highest BCUT2D eigenvalue weighted by Gasteiger charge is 2.08. The molecule has 0 bridgehead atoms. The van der Waals surface area contributed by atoms with E-state index in [1.807, 2.05) is 0 Å². The zero-order valence-corrected chi connectivity index (χ0v) is 11.2. The van der Waals surface area contributed by atoms with Gasteiger partial charge in [0, 0.05) is 16.7 Å². The number of Topliss-reactive ketones (excluding diaryl/α,β-unsaturated/α-hetero) is 1. The Hall–Kier alpha value is -1.58. The smallest absolute Gasteiger partial charge is 0.200 e. The quantitative estimate of drug-likeness (QED) is 0.782. The molecule has 2 aromatic rings. The Morgan fingerprint density at radius 3 is 2.63 bits per heavy atom. The van der Waals surface area contributed by atoms with Crippen LogP contribution >= 0.6 is 23.2 Å². The molecular formula is C14H9Cl2FO2. The van der Waals surface area contributed by atoms with Crippen molar-refractivity contribution in [3.8, 4) is 5.75 Å². The lowest BCUT2D eigenvalue weighted by Gasteiger charge is -2.06. The van der Waals surface area contributed by atoms with Gasteiger partial charge in [0.1, 0.15) is 11.6 Å². The summed E-state index contributed by atoms with van der Waals surface area (Å²) in [4.78, 5) is 11.8. The summed E-state index contributed by atoms with van der Waals surface area (Å²) in [7, 11) is 0. The third-order valence-electron chi connectivity index (χ3n) is 2.41. The molecule has 0 heterocycles. The van der Waals surface area contributed by atoms with Crippen LogP contribution in [0.3, 0.4) is 0 Å². The van der Waals surface area contributed by atoms with Crippen molar-refractivity contribution in [1.82, 2.24) is 0 Å². The maximum Gasteiger partial charge on any atom is 0.200 e. The zero-order chi connectivity index (χ0) is 13.8. The number of rotatable bonds is 4. The molecule has 0 N–H and O–H groups in total. The van der Waals surface area contributed by atoms with Crippen LogP contribution in [-0.2, 0) is 0 Å². The van der Waals surface area contributed by atoms with Gasteiger partial charge in [-0.2, -0.15) is 0 Å². The number of ketones is 1. The SMILES string of the molecule is O=C(COc1ccc(Cl)c(F)c1)c1cccc(Cl)c1. The van der Waals surface area contributed by atoms with Gasteiger partial charge in [-0.3, -0.25) is 4.79 Å². The van der Waals surface area contributed by atoms with E-state index in [1.165, 1.54) is 12.1 Å². The minimum Gasteiger partial charge on any atom is -0.485 e. The van der Waals surface area contributed by atoms with Crippen LogP contribution in [0.2, 0.25) is 10.0 Å². The van der Waals surface area contributed by atoms with Gasteiger partial charge in [-0.15, -0.1) is 0 Å². The van der Waals surface area contributed by atoms with Crippen LogP contribution in [-0.4, -0.2) is 12.4 Å². The van der Waals surface area contributed by atoms with E-state index in [0.717, 1.165) is 6.07 Å². The van der Waals surface area contributed by atoms with Gasteiger partial charge in [0.2, 0.25) is 0 Å². The fourth-order valence-electron chi connectivity index (χ4n) is 1.46. The standard InChI is InChI=1S/C14H9Cl2FO2/c15-10-3-1-2-9(6-10)14(18)8-19-11-4-5-12(16)13(17)7-11/h1-7H,8H2. The second kappa shape index (κ2) is 6.04. The van der Waals surface area contributed by atoms with Crippen LogP contribution in [0.5, 0.6) is 5.75 Å². The van der Waals surface area contributed by atoms with Gasteiger partial charge in [-0.1, -0.05) is 35.3 Å². The summed E-state index contributed by atoms with van der Waals surface area (Å²) in [6.07, 6.45) is 0. The van der Waals surface area contributed by atoms with Gasteiger partial charge in [0.05, 0.1) is 5.02 Å². The first-order valence-electron chi connectivity index (χ1n) is 5.43. The van der Waals surface area contributed by atoms with E-state index in [1.54, 1.807) is 24.3 Å². The molecule has 0 saturated heterocycles. The fourth-order valence-corrected chi connectivity index (χ4v) is 1.77. The van der Waals surface area contributed by atoms with E-state index in [0.29, 0.717) is 10.6 Å². The monoisotopic (exact) mass is 298 g/mol. The third-order valence-corrected chi connectivity index (χ3v) is 2.95. The van der Waals surface area contributed by atoms with E-state index in [9.17, 15) is 9.18 Å². The average Bonchev–Trinajstić information content (AvgIpc) is 2.40. The van der Waals surface area contributed by atoms with Crippen LogP contribution in [0.25, 0.3) is 0 Å². The molecule has 0 aliphatic rings. The number of halogens is 3. The zero-order valence-electron chi connectivity index (χ0n) is 9.70. The Morgan fingerprint density at radius 2 is 1.95 bits per heavy atom. The van der Waals surface area contributed by atoms with Crippen LogP contribution in [0.1, 0.15) is 10.4 Å². The summed E-state index contributed by atoms with van der Waals surface area (Å²) in [5.41, 5.74) is 0.446. The van der Waals surface area contributed by atoms with Crippen LogP contribution in [0.4, 0.5) is 4.39 Å². The van der Waals surface area contributed by atoms with E-state index in [2.05, 4.69) is 0 Å². The van der Waals surface area contributed by atoms with E-state index < -0.39 is 5.82 Å². The molecule has 98 valence electrons. The third kappa shape index (κ3) is 3.69. The number of ether oxygens (including phenoxy) is 1. The maximum absolute atomic E-state index is 13.2. The first-order chi connectivity index (χ1) is 9.06. The number of hydrogen-bond donors (Lipinski definition) is 0. The lowest BCUT2D eigenvalue weighted by atomic mass is 10.1. The molecule has 0 atom stereocenters. The Kier molecular flexibility index (Phi) is 4.40. The normalized spacial score (nSPS) is 10.3. The predicted octanol–water partition coefficient (Wildman–Crippen LogP) is 4.39.